The third-order valence-electron chi connectivity index (χ3n) is 6.49. The summed E-state index contributed by atoms with van der Waals surface area (Å²) in [5.74, 6) is -0.327. The Hall–Kier alpha value is -3.03. The van der Waals surface area contributed by atoms with Crippen LogP contribution in [0.5, 0.6) is 0 Å². The number of sulfone groups is 1. The lowest BCUT2D eigenvalue weighted by Crippen LogP contribution is -2.34. The monoisotopic (exact) mass is 480 g/mol. The molecule has 1 aliphatic heterocycles. The highest BCUT2D eigenvalue weighted by molar-refractivity contribution is 7.91. The number of amides is 1. The van der Waals surface area contributed by atoms with Gasteiger partial charge in [0.2, 0.25) is 0 Å². The Labute approximate surface area is 200 Å². The van der Waals surface area contributed by atoms with Crippen molar-refractivity contribution in [2.24, 2.45) is 0 Å². The molecule has 1 amide bonds. The third-order valence-corrected chi connectivity index (χ3v) is 8.24. The molecule has 34 heavy (non-hydrogen) atoms. The van der Waals surface area contributed by atoms with Gasteiger partial charge in [-0.25, -0.2) is 12.8 Å². The van der Waals surface area contributed by atoms with Crippen LogP contribution in [-0.4, -0.2) is 31.5 Å². The lowest BCUT2D eigenvalue weighted by molar-refractivity contribution is 0.0950. The van der Waals surface area contributed by atoms with Crippen LogP contribution in [0.4, 0.5) is 4.39 Å². The van der Waals surface area contributed by atoms with E-state index in [2.05, 4.69) is 17.1 Å². The number of rotatable bonds is 7. The van der Waals surface area contributed by atoms with Crippen molar-refractivity contribution in [3.05, 3.63) is 100 Å². The largest absolute Gasteiger partial charge is 0.348 e. The molecule has 1 heterocycles. The Morgan fingerprint density at radius 3 is 2.38 bits per heavy atom. The van der Waals surface area contributed by atoms with Crippen molar-refractivity contribution in [3.63, 3.8) is 0 Å². The van der Waals surface area contributed by atoms with Crippen molar-refractivity contribution in [2.75, 3.05) is 12.3 Å². The lowest BCUT2D eigenvalue weighted by Gasteiger charge is -2.35. The van der Waals surface area contributed by atoms with Gasteiger partial charge in [-0.1, -0.05) is 37.3 Å². The molecule has 0 bridgehead atoms. The van der Waals surface area contributed by atoms with E-state index >= 15 is 0 Å². The van der Waals surface area contributed by atoms with Crippen LogP contribution in [0.25, 0.3) is 0 Å². The Bertz CT molecular complexity index is 1270. The first kappa shape index (κ1) is 24.1. The maximum absolute atomic E-state index is 13.2. The first-order valence-corrected chi connectivity index (χ1v) is 13.1. The van der Waals surface area contributed by atoms with E-state index in [-0.39, 0.29) is 23.5 Å². The Balaban J connectivity index is 1.39. The van der Waals surface area contributed by atoms with Crippen molar-refractivity contribution in [1.82, 2.24) is 10.2 Å². The van der Waals surface area contributed by atoms with E-state index < -0.39 is 9.84 Å². The summed E-state index contributed by atoms with van der Waals surface area (Å²) in [7, 11) is -3.23. The standard InChI is InChI=1S/C27H29FN2O3S/c1-3-34(32,33)25-11-6-20(7-12-25)17-29-27(31)23-8-13-26-19(2)30(15-14-22(26)16-23)18-21-4-9-24(28)10-5-21/h4-13,16,19H,3,14-15,17-18H2,1-2H3,(H,29,31). The number of carbonyl (C=O) groups is 1. The summed E-state index contributed by atoms with van der Waals surface area (Å²) < 4.78 is 37.1. The zero-order chi connectivity index (χ0) is 24.3. The predicted octanol–water partition coefficient (Wildman–Crippen LogP) is 4.67. The van der Waals surface area contributed by atoms with Crippen molar-refractivity contribution in [3.8, 4) is 0 Å². The molecule has 1 aliphatic rings. The van der Waals surface area contributed by atoms with Gasteiger partial charge in [0.05, 0.1) is 10.6 Å². The fraction of sp³-hybridized carbons (Fsp3) is 0.296. The average Bonchev–Trinajstić information content (AvgIpc) is 2.85. The van der Waals surface area contributed by atoms with Gasteiger partial charge in [-0.15, -0.1) is 0 Å². The average molecular weight is 481 g/mol. The van der Waals surface area contributed by atoms with Crippen LogP contribution in [0.3, 0.4) is 0 Å². The summed E-state index contributed by atoms with van der Waals surface area (Å²) in [5.41, 5.74) is 4.91. The molecule has 7 heteroatoms. The van der Waals surface area contributed by atoms with Gasteiger partial charge in [-0.05, 0) is 72.0 Å². The van der Waals surface area contributed by atoms with Crippen LogP contribution >= 0.6 is 0 Å². The highest BCUT2D eigenvalue weighted by atomic mass is 32.2. The SMILES string of the molecule is CCS(=O)(=O)c1ccc(CNC(=O)c2ccc3c(c2)CCN(Cc2ccc(F)cc2)C3C)cc1. The minimum absolute atomic E-state index is 0.0596. The fourth-order valence-electron chi connectivity index (χ4n) is 4.33. The Morgan fingerprint density at radius 1 is 1.03 bits per heavy atom. The topological polar surface area (TPSA) is 66.5 Å². The van der Waals surface area contributed by atoms with E-state index in [1.54, 1.807) is 31.2 Å². The second-order valence-corrected chi connectivity index (χ2v) is 10.9. The van der Waals surface area contributed by atoms with Crippen LogP contribution in [-0.2, 0) is 29.3 Å². The molecule has 178 valence electrons. The summed E-state index contributed by atoms with van der Waals surface area (Å²) >= 11 is 0. The van der Waals surface area contributed by atoms with E-state index in [0.717, 1.165) is 30.6 Å². The number of nitrogens with zero attached hydrogens (tertiary/aromatic N) is 1. The molecular formula is C27H29FN2O3S. The minimum Gasteiger partial charge on any atom is -0.348 e. The molecule has 0 fully saturated rings. The maximum atomic E-state index is 13.2. The molecule has 1 atom stereocenters. The molecule has 0 radical (unpaired) electrons. The Kier molecular flexibility index (Phi) is 7.14. The molecule has 0 saturated heterocycles. The smallest absolute Gasteiger partial charge is 0.251 e. The Morgan fingerprint density at radius 2 is 1.71 bits per heavy atom. The maximum Gasteiger partial charge on any atom is 0.251 e. The molecule has 3 aromatic carbocycles. The number of nitrogens with one attached hydrogen (secondary N) is 1. The minimum atomic E-state index is -3.23. The molecular weight excluding hydrogens is 451 g/mol. The molecule has 0 aromatic heterocycles. The van der Waals surface area contributed by atoms with Gasteiger partial charge in [0, 0.05) is 31.2 Å². The van der Waals surface area contributed by atoms with Crippen LogP contribution in [0.2, 0.25) is 0 Å². The van der Waals surface area contributed by atoms with Crippen LogP contribution in [0.1, 0.15) is 52.5 Å². The molecule has 4 rings (SSSR count). The van der Waals surface area contributed by atoms with Gasteiger partial charge in [-0.2, -0.15) is 0 Å². The van der Waals surface area contributed by atoms with Crippen molar-refractivity contribution >= 4 is 15.7 Å². The zero-order valence-electron chi connectivity index (χ0n) is 19.4. The third kappa shape index (κ3) is 5.37. The first-order valence-electron chi connectivity index (χ1n) is 11.5. The summed E-state index contributed by atoms with van der Waals surface area (Å²) in [6.45, 7) is 5.71. The summed E-state index contributed by atoms with van der Waals surface area (Å²) in [6.07, 6.45) is 0.843. The van der Waals surface area contributed by atoms with Gasteiger partial charge < -0.3 is 5.32 Å². The van der Waals surface area contributed by atoms with Crippen LogP contribution < -0.4 is 5.32 Å². The van der Waals surface area contributed by atoms with Gasteiger partial charge >= 0.3 is 0 Å². The number of carbonyl (C=O) groups excluding carboxylic acids is 1. The van der Waals surface area contributed by atoms with Crippen LogP contribution in [0.15, 0.2) is 71.6 Å². The zero-order valence-corrected chi connectivity index (χ0v) is 20.2. The van der Waals surface area contributed by atoms with Crippen molar-refractivity contribution in [2.45, 2.75) is 44.3 Å². The number of fused-ring (bicyclic) bond motifs is 1. The van der Waals surface area contributed by atoms with E-state index in [1.807, 2.05) is 30.3 Å². The van der Waals surface area contributed by atoms with Crippen LogP contribution in [0, 0.1) is 5.82 Å². The molecule has 5 nitrogen and oxygen atoms in total. The van der Waals surface area contributed by atoms with Gasteiger partial charge in [-0.3, -0.25) is 9.69 Å². The van der Waals surface area contributed by atoms with Gasteiger partial charge in [0.15, 0.2) is 9.84 Å². The van der Waals surface area contributed by atoms with E-state index in [4.69, 9.17) is 0 Å². The van der Waals surface area contributed by atoms with Gasteiger partial charge in [0.1, 0.15) is 5.82 Å². The molecule has 1 N–H and O–H groups in total. The predicted molar refractivity (Wildman–Crippen MR) is 131 cm³/mol. The molecule has 0 spiro atoms. The first-order chi connectivity index (χ1) is 16.3. The summed E-state index contributed by atoms with van der Waals surface area (Å²) in [5, 5.41) is 2.92. The fourth-order valence-corrected chi connectivity index (χ4v) is 5.22. The van der Waals surface area contributed by atoms with Crippen molar-refractivity contribution < 1.29 is 17.6 Å². The number of hydrogen-bond acceptors (Lipinski definition) is 4. The van der Waals surface area contributed by atoms with E-state index in [1.165, 1.54) is 23.3 Å². The molecule has 3 aromatic rings. The second kappa shape index (κ2) is 10.1. The number of hydrogen-bond donors (Lipinski definition) is 1. The molecule has 1 unspecified atom stereocenters. The van der Waals surface area contributed by atoms with E-state index in [9.17, 15) is 17.6 Å². The molecule has 0 aliphatic carbocycles. The van der Waals surface area contributed by atoms with Crippen molar-refractivity contribution in [1.29, 1.82) is 0 Å². The highest BCUT2D eigenvalue weighted by Gasteiger charge is 2.24. The number of benzene rings is 3. The lowest BCUT2D eigenvalue weighted by atomic mass is 9.91. The summed E-state index contributed by atoms with van der Waals surface area (Å²) in [6, 6.07) is 19.3. The highest BCUT2D eigenvalue weighted by Crippen LogP contribution is 2.31. The normalized spacial score (nSPS) is 16.1. The number of halogens is 1. The van der Waals surface area contributed by atoms with Gasteiger partial charge in [0.25, 0.3) is 5.91 Å². The second-order valence-electron chi connectivity index (χ2n) is 8.67. The summed E-state index contributed by atoms with van der Waals surface area (Å²) in [4.78, 5) is 15.4. The molecule has 0 saturated carbocycles. The quantitative estimate of drug-likeness (QED) is 0.534. The van der Waals surface area contributed by atoms with E-state index in [0.29, 0.717) is 17.0 Å².